The zero-order valence-electron chi connectivity index (χ0n) is 14.9. The van der Waals surface area contributed by atoms with Crippen LogP contribution in [0.15, 0.2) is 0 Å². The molecule has 3 aliphatic rings. The van der Waals surface area contributed by atoms with E-state index in [1.54, 1.807) is 4.90 Å². The fraction of sp³-hybridized carbons (Fsp3) is 0.833. The maximum absolute atomic E-state index is 12.8. The summed E-state index contributed by atoms with van der Waals surface area (Å²) in [6.45, 7) is 7.11. The summed E-state index contributed by atoms with van der Waals surface area (Å²) in [4.78, 5) is 28.8. The second-order valence-electron chi connectivity index (χ2n) is 8.59. The van der Waals surface area contributed by atoms with E-state index in [1.807, 2.05) is 25.7 Å². The number of nitriles is 1. The number of carbonyl (C=O) groups is 2. The van der Waals surface area contributed by atoms with E-state index >= 15 is 0 Å². The molecular formula is C18H28N4O2. The van der Waals surface area contributed by atoms with Crippen LogP contribution in [0.3, 0.4) is 0 Å². The number of likely N-dealkylation sites (tertiary alicyclic amines) is 2. The van der Waals surface area contributed by atoms with Crippen molar-refractivity contribution in [3.63, 3.8) is 0 Å². The summed E-state index contributed by atoms with van der Waals surface area (Å²) < 4.78 is 0. The average molecular weight is 332 g/mol. The molecule has 132 valence electrons. The van der Waals surface area contributed by atoms with E-state index in [9.17, 15) is 14.9 Å². The van der Waals surface area contributed by atoms with Crippen molar-refractivity contribution in [1.82, 2.24) is 9.80 Å². The molecule has 1 saturated carbocycles. The highest BCUT2D eigenvalue weighted by atomic mass is 16.2. The number of rotatable bonds is 2. The highest BCUT2D eigenvalue weighted by molar-refractivity contribution is 5.84. The highest BCUT2D eigenvalue weighted by Gasteiger charge is 2.55. The van der Waals surface area contributed by atoms with Crippen molar-refractivity contribution in [3.05, 3.63) is 0 Å². The molecule has 4 atom stereocenters. The molecule has 0 unspecified atom stereocenters. The number of carbonyl (C=O) groups excluding carboxylic acids is 2. The van der Waals surface area contributed by atoms with Gasteiger partial charge in [0, 0.05) is 24.5 Å². The van der Waals surface area contributed by atoms with Crippen LogP contribution < -0.4 is 5.73 Å². The average Bonchev–Trinajstić information content (AvgIpc) is 3.22. The first-order chi connectivity index (χ1) is 11.2. The molecule has 2 aliphatic heterocycles. The van der Waals surface area contributed by atoms with E-state index in [0.29, 0.717) is 19.0 Å². The summed E-state index contributed by atoms with van der Waals surface area (Å²) >= 11 is 0. The number of amides is 2. The molecule has 0 bridgehead atoms. The highest BCUT2D eigenvalue weighted by Crippen LogP contribution is 2.48. The SMILES string of the molecule is CC(C)(C)C(=O)N1CCC([C@H](N)C(=O)N2[C@H](C#N)C[C@@H]3C[C@@H]32)CC1. The summed E-state index contributed by atoms with van der Waals surface area (Å²) in [5.74, 6) is 0.702. The van der Waals surface area contributed by atoms with Gasteiger partial charge in [-0.15, -0.1) is 0 Å². The Balaban J connectivity index is 1.57. The van der Waals surface area contributed by atoms with E-state index < -0.39 is 6.04 Å². The maximum atomic E-state index is 12.8. The Morgan fingerprint density at radius 1 is 1.21 bits per heavy atom. The molecule has 2 amide bonds. The van der Waals surface area contributed by atoms with Gasteiger partial charge in [0.25, 0.3) is 0 Å². The van der Waals surface area contributed by atoms with Crippen molar-refractivity contribution in [1.29, 1.82) is 5.26 Å². The lowest BCUT2D eigenvalue weighted by Crippen LogP contribution is -2.53. The van der Waals surface area contributed by atoms with Crippen molar-refractivity contribution in [2.75, 3.05) is 13.1 Å². The molecule has 3 rings (SSSR count). The zero-order chi connectivity index (χ0) is 17.6. The minimum atomic E-state index is -0.549. The van der Waals surface area contributed by atoms with Crippen LogP contribution in [0.25, 0.3) is 0 Å². The van der Waals surface area contributed by atoms with Gasteiger partial charge in [-0.1, -0.05) is 20.8 Å². The Labute approximate surface area is 144 Å². The van der Waals surface area contributed by atoms with Crippen LogP contribution in [0.4, 0.5) is 0 Å². The summed E-state index contributed by atoms with van der Waals surface area (Å²) in [6, 6.07) is 1.65. The van der Waals surface area contributed by atoms with Crippen molar-refractivity contribution >= 4 is 11.8 Å². The van der Waals surface area contributed by atoms with Crippen molar-refractivity contribution in [2.24, 2.45) is 23.0 Å². The number of fused-ring (bicyclic) bond motifs is 1. The van der Waals surface area contributed by atoms with Crippen LogP contribution in [0, 0.1) is 28.6 Å². The standard InChI is InChI=1S/C18H28N4O2/c1-18(2,3)17(24)21-6-4-11(5-7-21)15(20)16(23)22-13(10-19)8-12-9-14(12)22/h11-15H,4-9,20H2,1-3H3/t12-,13+,14+,15+/m1/s1. The minimum Gasteiger partial charge on any atom is -0.342 e. The molecule has 2 heterocycles. The van der Waals surface area contributed by atoms with E-state index in [0.717, 1.165) is 25.7 Å². The van der Waals surface area contributed by atoms with E-state index in [1.165, 1.54) is 0 Å². The summed E-state index contributed by atoms with van der Waals surface area (Å²) in [7, 11) is 0. The second kappa shape index (κ2) is 6.03. The lowest BCUT2D eigenvalue weighted by atomic mass is 9.87. The molecule has 2 N–H and O–H groups in total. The third-order valence-corrected chi connectivity index (χ3v) is 5.77. The van der Waals surface area contributed by atoms with Crippen molar-refractivity contribution < 1.29 is 9.59 Å². The van der Waals surface area contributed by atoms with E-state index in [-0.39, 0.29) is 35.2 Å². The first kappa shape index (κ1) is 17.2. The van der Waals surface area contributed by atoms with Gasteiger partial charge in [-0.2, -0.15) is 5.26 Å². The fourth-order valence-electron chi connectivity index (χ4n) is 4.20. The topological polar surface area (TPSA) is 90.4 Å². The van der Waals surface area contributed by atoms with Gasteiger partial charge in [0.15, 0.2) is 0 Å². The van der Waals surface area contributed by atoms with E-state index in [4.69, 9.17) is 5.73 Å². The molecule has 0 aromatic carbocycles. The van der Waals surface area contributed by atoms with Crippen LogP contribution in [0.5, 0.6) is 0 Å². The van der Waals surface area contributed by atoms with Crippen LogP contribution in [0.1, 0.15) is 46.5 Å². The molecule has 6 heteroatoms. The number of piperidine rings is 2. The lowest BCUT2D eigenvalue weighted by molar-refractivity contribution is -0.141. The third-order valence-electron chi connectivity index (χ3n) is 5.77. The monoisotopic (exact) mass is 332 g/mol. The zero-order valence-corrected chi connectivity index (χ0v) is 14.9. The van der Waals surface area contributed by atoms with Gasteiger partial charge >= 0.3 is 0 Å². The Bertz CT molecular complexity index is 569. The lowest BCUT2D eigenvalue weighted by Gasteiger charge is -2.38. The number of nitrogens with two attached hydrogens (primary N) is 1. The summed E-state index contributed by atoms with van der Waals surface area (Å²) in [6.07, 6.45) is 3.34. The number of nitrogens with zero attached hydrogens (tertiary/aromatic N) is 3. The first-order valence-electron chi connectivity index (χ1n) is 9.00. The Kier molecular flexibility index (Phi) is 4.33. The van der Waals surface area contributed by atoms with Crippen LogP contribution in [-0.4, -0.2) is 52.8 Å². The quantitative estimate of drug-likeness (QED) is 0.820. The van der Waals surface area contributed by atoms with E-state index in [2.05, 4.69) is 6.07 Å². The smallest absolute Gasteiger partial charge is 0.241 e. The fourth-order valence-corrected chi connectivity index (χ4v) is 4.20. The normalized spacial score (nSPS) is 31.4. The molecule has 2 saturated heterocycles. The van der Waals surface area contributed by atoms with Gasteiger partial charge in [0.1, 0.15) is 6.04 Å². The van der Waals surface area contributed by atoms with Crippen LogP contribution >= 0.6 is 0 Å². The molecule has 24 heavy (non-hydrogen) atoms. The molecule has 1 aliphatic carbocycles. The van der Waals surface area contributed by atoms with Gasteiger partial charge in [0.05, 0.1) is 12.1 Å². The van der Waals surface area contributed by atoms with Crippen LogP contribution in [0.2, 0.25) is 0 Å². The maximum Gasteiger partial charge on any atom is 0.241 e. The molecule has 0 aromatic rings. The Morgan fingerprint density at radius 2 is 1.83 bits per heavy atom. The number of hydrogen-bond acceptors (Lipinski definition) is 4. The van der Waals surface area contributed by atoms with Crippen molar-refractivity contribution in [3.8, 4) is 6.07 Å². The molecule has 0 radical (unpaired) electrons. The van der Waals surface area contributed by atoms with Gasteiger partial charge in [-0.05, 0) is 37.5 Å². The van der Waals surface area contributed by atoms with Crippen molar-refractivity contribution in [2.45, 2.75) is 64.6 Å². The molecule has 6 nitrogen and oxygen atoms in total. The van der Waals surface area contributed by atoms with Gasteiger partial charge in [-0.25, -0.2) is 0 Å². The summed E-state index contributed by atoms with van der Waals surface area (Å²) in [5, 5.41) is 9.26. The predicted molar refractivity (Wildman–Crippen MR) is 89.5 cm³/mol. The molecular weight excluding hydrogens is 304 g/mol. The largest absolute Gasteiger partial charge is 0.342 e. The second-order valence-corrected chi connectivity index (χ2v) is 8.59. The van der Waals surface area contributed by atoms with Gasteiger partial charge < -0.3 is 15.5 Å². The molecule has 3 fully saturated rings. The van der Waals surface area contributed by atoms with Crippen LogP contribution in [-0.2, 0) is 9.59 Å². The first-order valence-corrected chi connectivity index (χ1v) is 9.00. The summed E-state index contributed by atoms with van der Waals surface area (Å²) in [5.41, 5.74) is 5.90. The third kappa shape index (κ3) is 3.02. The number of hydrogen-bond donors (Lipinski definition) is 1. The predicted octanol–water partition coefficient (Wildman–Crippen LogP) is 1.11. The van der Waals surface area contributed by atoms with Gasteiger partial charge in [0.2, 0.25) is 11.8 Å². The Hall–Kier alpha value is -1.61. The van der Waals surface area contributed by atoms with Gasteiger partial charge in [-0.3, -0.25) is 9.59 Å². The molecule has 0 aromatic heterocycles. The minimum absolute atomic E-state index is 0.0628. The molecule has 0 spiro atoms. The Morgan fingerprint density at radius 3 is 2.38 bits per heavy atom.